The van der Waals surface area contributed by atoms with Gasteiger partial charge in [0.15, 0.2) is 0 Å². The lowest BCUT2D eigenvalue weighted by molar-refractivity contribution is 0.115. The molecule has 0 aliphatic rings. The van der Waals surface area contributed by atoms with Gasteiger partial charge in [-0.3, -0.25) is 18.3 Å². The molecule has 0 saturated carbocycles. The van der Waals surface area contributed by atoms with E-state index < -0.39 is 44.7 Å². The van der Waals surface area contributed by atoms with Crippen LogP contribution >= 0.6 is 22.7 Å². The number of hydrogen-bond donors (Lipinski definition) is 0. The standard InChI is InChI=1S/C29H29F4N11O6S4/c1-53(45,46)43(16-22-35-13-20(51-22)26-38-40-28(49-26)24(30)31)19-12-37-42(15-19)9-4-2-3-5-10-54(47,48)44(18-7-6-8-34-11-18)17-23-36-14-21(52-23)27-39-41-29(50-27)25(32)33/h6-8,11-15,24-25H,2-5,9-10,16-17H2,1H3. The Hall–Kier alpha value is -4.88. The van der Waals surface area contributed by atoms with E-state index in [0.717, 1.165) is 33.2 Å². The van der Waals surface area contributed by atoms with E-state index in [4.69, 9.17) is 8.83 Å². The lowest BCUT2D eigenvalue weighted by Gasteiger charge is -2.23. The largest absolute Gasteiger partial charge is 0.414 e. The average Bonchev–Trinajstić information content (AvgIpc) is 3.97. The van der Waals surface area contributed by atoms with Crippen molar-refractivity contribution in [3.63, 3.8) is 0 Å². The number of aryl methyl sites for hydroxylation is 1. The van der Waals surface area contributed by atoms with Crippen LogP contribution < -0.4 is 8.61 Å². The molecule has 6 aromatic heterocycles. The highest BCUT2D eigenvalue weighted by molar-refractivity contribution is 7.92. The summed E-state index contributed by atoms with van der Waals surface area (Å²) in [6.45, 7) is 0.147. The van der Waals surface area contributed by atoms with Gasteiger partial charge in [0.25, 0.3) is 23.6 Å². The lowest BCUT2D eigenvalue weighted by atomic mass is 10.2. The summed E-state index contributed by atoms with van der Waals surface area (Å²) in [7, 11) is -7.63. The number of halogens is 4. The Labute approximate surface area is 312 Å². The molecule has 6 heterocycles. The van der Waals surface area contributed by atoms with Crippen molar-refractivity contribution in [1.29, 1.82) is 0 Å². The molecule has 0 bridgehead atoms. The minimum atomic E-state index is -3.86. The van der Waals surface area contributed by atoms with Crippen LogP contribution in [0.5, 0.6) is 0 Å². The lowest BCUT2D eigenvalue weighted by Crippen LogP contribution is -2.32. The van der Waals surface area contributed by atoms with Gasteiger partial charge < -0.3 is 8.83 Å². The average molecular weight is 832 g/mol. The van der Waals surface area contributed by atoms with Crippen molar-refractivity contribution in [2.45, 2.75) is 58.2 Å². The molecule has 17 nitrogen and oxygen atoms in total. The smallest absolute Gasteiger partial charge is 0.314 e. The van der Waals surface area contributed by atoms with Gasteiger partial charge in [0.1, 0.15) is 19.8 Å². The van der Waals surface area contributed by atoms with Gasteiger partial charge in [-0.1, -0.05) is 12.8 Å². The Balaban J connectivity index is 1.01. The van der Waals surface area contributed by atoms with Gasteiger partial charge >= 0.3 is 12.9 Å². The second-order valence-corrected chi connectivity index (χ2v) is 17.6. The summed E-state index contributed by atoms with van der Waals surface area (Å²) in [6, 6.07) is 3.21. The van der Waals surface area contributed by atoms with Crippen LogP contribution in [0.4, 0.5) is 28.9 Å². The van der Waals surface area contributed by atoms with Crippen LogP contribution in [-0.2, 0) is 39.7 Å². The Morgan fingerprint density at radius 2 is 1.35 bits per heavy atom. The van der Waals surface area contributed by atoms with Crippen LogP contribution in [-0.4, -0.2) is 74.0 Å². The molecular formula is C29H29F4N11O6S4. The van der Waals surface area contributed by atoms with Gasteiger partial charge in [-0.2, -0.15) is 22.7 Å². The molecule has 6 rings (SSSR count). The fourth-order valence-electron chi connectivity index (χ4n) is 4.93. The van der Waals surface area contributed by atoms with E-state index in [-0.39, 0.29) is 36.3 Å². The molecule has 0 radical (unpaired) electrons. The molecule has 288 valence electrons. The third-order valence-electron chi connectivity index (χ3n) is 7.46. The van der Waals surface area contributed by atoms with Gasteiger partial charge in [0.05, 0.1) is 61.3 Å². The molecule has 0 aliphatic heterocycles. The zero-order valence-electron chi connectivity index (χ0n) is 27.9. The van der Waals surface area contributed by atoms with E-state index in [1.165, 1.54) is 35.3 Å². The van der Waals surface area contributed by atoms with Gasteiger partial charge in [0, 0.05) is 18.9 Å². The first kappa shape index (κ1) is 38.8. The summed E-state index contributed by atoms with van der Waals surface area (Å²) < 4.78 is 118. The Kier molecular flexibility index (Phi) is 12.0. The third-order valence-corrected chi connectivity index (χ3v) is 12.4. The molecule has 0 fully saturated rings. The first-order valence-corrected chi connectivity index (χ1v) is 20.9. The summed E-state index contributed by atoms with van der Waals surface area (Å²) in [6.07, 6.45) is 5.94. The third kappa shape index (κ3) is 9.61. The first-order valence-electron chi connectivity index (χ1n) is 15.8. The Morgan fingerprint density at radius 1 is 0.759 bits per heavy atom. The van der Waals surface area contributed by atoms with Crippen molar-refractivity contribution < 1.29 is 43.2 Å². The second kappa shape index (κ2) is 16.6. The number of sulfonamides is 2. The second-order valence-electron chi connectivity index (χ2n) is 11.4. The maximum atomic E-state index is 13.6. The van der Waals surface area contributed by atoms with Crippen LogP contribution in [0.1, 0.15) is 60.3 Å². The van der Waals surface area contributed by atoms with Crippen LogP contribution in [0.3, 0.4) is 0 Å². The number of anilines is 2. The minimum Gasteiger partial charge on any atom is -0.414 e. The first-order chi connectivity index (χ1) is 25.8. The highest BCUT2D eigenvalue weighted by atomic mass is 32.2. The molecule has 0 aliphatic carbocycles. The van der Waals surface area contributed by atoms with E-state index in [1.54, 1.807) is 23.0 Å². The van der Waals surface area contributed by atoms with Crippen LogP contribution in [0.25, 0.3) is 21.5 Å². The molecular weight excluding hydrogens is 803 g/mol. The number of aromatic nitrogens is 9. The summed E-state index contributed by atoms with van der Waals surface area (Å²) in [5.41, 5.74) is 0.617. The van der Waals surface area contributed by atoms with Crippen molar-refractivity contribution in [1.82, 2.24) is 45.1 Å². The van der Waals surface area contributed by atoms with E-state index >= 15 is 0 Å². The normalized spacial score (nSPS) is 12.3. The van der Waals surface area contributed by atoms with Crippen molar-refractivity contribution in [3.05, 3.63) is 71.1 Å². The molecule has 0 unspecified atom stereocenters. The van der Waals surface area contributed by atoms with Gasteiger partial charge in [0.2, 0.25) is 20.0 Å². The summed E-state index contributed by atoms with van der Waals surface area (Å²) in [4.78, 5) is 13.1. The summed E-state index contributed by atoms with van der Waals surface area (Å²) in [5.74, 6) is -2.13. The van der Waals surface area contributed by atoms with Gasteiger partial charge in [-0.25, -0.2) is 26.8 Å². The zero-order chi connectivity index (χ0) is 38.5. The molecule has 0 N–H and O–H groups in total. The highest BCUT2D eigenvalue weighted by Crippen LogP contribution is 2.31. The van der Waals surface area contributed by atoms with Crippen molar-refractivity contribution in [3.8, 4) is 21.5 Å². The van der Waals surface area contributed by atoms with Gasteiger partial charge in [-0.15, -0.1) is 43.1 Å². The molecule has 0 aromatic carbocycles. The zero-order valence-corrected chi connectivity index (χ0v) is 31.2. The number of unbranched alkanes of at least 4 members (excludes halogenated alkanes) is 3. The van der Waals surface area contributed by atoms with Crippen LogP contribution in [0, 0.1) is 0 Å². The van der Waals surface area contributed by atoms with Crippen molar-refractivity contribution in [2.75, 3.05) is 20.6 Å². The molecule has 0 spiro atoms. The molecule has 6 aromatic rings. The van der Waals surface area contributed by atoms with E-state index in [1.807, 2.05) is 0 Å². The summed E-state index contributed by atoms with van der Waals surface area (Å²) in [5, 5.41) is 18.8. The fourth-order valence-corrected chi connectivity index (χ4v) is 9.12. The van der Waals surface area contributed by atoms with E-state index in [0.29, 0.717) is 57.7 Å². The molecule has 0 saturated heterocycles. The number of nitrogens with zero attached hydrogens (tertiary/aromatic N) is 11. The van der Waals surface area contributed by atoms with E-state index in [9.17, 15) is 34.4 Å². The SMILES string of the molecule is CS(=O)(=O)N(Cc1ncc(-c2nnc(C(F)F)o2)s1)c1cnn(CCCCCCS(=O)(=O)N(Cc2ncc(-c3nnc(C(F)F)o3)s2)c2cccnc2)c1. The fraction of sp³-hybridized carbons (Fsp3) is 0.379. The van der Waals surface area contributed by atoms with Crippen LogP contribution in [0.15, 0.2) is 58.1 Å². The molecule has 0 atom stereocenters. The topological polar surface area (TPSA) is 209 Å². The number of hydrogen-bond acceptors (Lipinski definition) is 16. The number of rotatable bonds is 19. The molecule has 54 heavy (non-hydrogen) atoms. The maximum absolute atomic E-state index is 13.6. The minimum absolute atomic E-state index is 0.134. The number of alkyl halides is 4. The highest BCUT2D eigenvalue weighted by Gasteiger charge is 2.26. The predicted octanol–water partition coefficient (Wildman–Crippen LogP) is 5.73. The maximum Gasteiger partial charge on any atom is 0.314 e. The number of thiazole rings is 2. The Morgan fingerprint density at radius 3 is 1.89 bits per heavy atom. The van der Waals surface area contributed by atoms with Crippen molar-refractivity contribution in [2.24, 2.45) is 0 Å². The molecule has 0 amide bonds. The monoisotopic (exact) mass is 831 g/mol. The number of pyridine rings is 1. The van der Waals surface area contributed by atoms with Crippen LogP contribution in [0.2, 0.25) is 0 Å². The quantitative estimate of drug-likeness (QED) is 0.0706. The van der Waals surface area contributed by atoms with Gasteiger partial charge in [-0.05, 0) is 25.0 Å². The predicted molar refractivity (Wildman–Crippen MR) is 187 cm³/mol. The molecule has 25 heteroatoms. The van der Waals surface area contributed by atoms with Crippen molar-refractivity contribution >= 4 is 54.1 Å². The Bertz CT molecular complexity index is 2370. The summed E-state index contributed by atoms with van der Waals surface area (Å²) >= 11 is 2.05. The van der Waals surface area contributed by atoms with E-state index in [2.05, 4.69) is 40.4 Å².